The lowest BCUT2D eigenvalue weighted by Gasteiger charge is -2.12. The summed E-state index contributed by atoms with van der Waals surface area (Å²) >= 11 is 2.96. The van der Waals surface area contributed by atoms with E-state index in [1.807, 2.05) is 48.5 Å². The van der Waals surface area contributed by atoms with E-state index >= 15 is 0 Å². The number of amides is 1. The molecule has 2 heterocycles. The first-order valence-electron chi connectivity index (χ1n) is 8.71. The minimum absolute atomic E-state index is 0.141. The predicted octanol–water partition coefficient (Wildman–Crippen LogP) is 5.35. The van der Waals surface area contributed by atoms with Crippen molar-refractivity contribution in [1.29, 1.82) is 0 Å². The van der Waals surface area contributed by atoms with Crippen LogP contribution in [0.1, 0.15) is 21.7 Å². The number of benzene rings is 2. The third-order valence-electron chi connectivity index (χ3n) is 4.33. The second kappa shape index (κ2) is 8.00. The van der Waals surface area contributed by atoms with Crippen LogP contribution in [0, 0.1) is 13.8 Å². The average molecular weight is 407 g/mol. The molecule has 0 spiro atoms. The zero-order valence-corrected chi connectivity index (χ0v) is 17.1. The van der Waals surface area contributed by atoms with Crippen molar-refractivity contribution < 1.29 is 4.79 Å². The van der Waals surface area contributed by atoms with Gasteiger partial charge in [0.1, 0.15) is 5.51 Å². The summed E-state index contributed by atoms with van der Waals surface area (Å²) in [4.78, 5) is 13.7. The summed E-state index contributed by atoms with van der Waals surface area (Å²) in [5.41, 5.74) is 6.44. The Morgan fingerprint density at radius 1 is 1.00 bits per heavy atom. The van der Waals surface area contributed by atoms with E-state index in [1.54, 1.807) is 5.51 Å². The van der Waals surface area contributed by atoms with Gasteiger partial charge in [0.25, 0.3) is 5.91 Å². The van der Waals surface area contributed by atoms with Gasteiger partial charge in [0.2, 0.25) is 0 Å². The van der Waals surface area contributed by atoms with Crippen LogP contribution in [0.25, 0.3) is 5.69 Å². The molecule has 0 aliphatic heterocycles. The van der Waals surface area contributed by atoms with E-state index in [0.29, 0.717) is 5.56 Å². The third kappa shape index (κ3) is 3.85. The first-order valence-corrected chi connectivity index (χ1v) is 10.4. The number of nitrogens with one attached hydrogen (secondary N) is 1. The minimum atomic E-state index is -0.141. The van der Waals surface area contributed by atoms with Gasteiger partial charge in [-0.25, -0.2) is 0 Å². The first-order chi connectivity index (χ1) is 13.6. The Morgan fingerprint density at radius 3 is 2.39 bits per heavy atom. The fraction of sp³-hybridized carbons (Fsp3) is 0.0952. The van der Waals surface area contributed by atoms with Crippen molar-refractivity contribution >= 4 is 34.7 Å². The first kappa shape index (κ1) is 18.5. The van der Waals surface area contributed by atoms with Crippen LogP contribution < -0.4 is 5.32 Å². The highest BCUT2D eigenvalue weighted by atomic mass is 32.2. The van der Waals surface area contributed by atoms with Crippen LogP contribution in [-0.4, -0.2) is 20.7 Å². The van der Waals surface area contributed by atoms with E-state index in [4.69, 9.17) is 0 Å². The summed E-state index contributed by atoms with van der Waals surface area (Å²) in [6, 6.07) is 19.5. The van der Waals surface area contributed by atoms with Gasteiger partial charge in [-0.05, 0) is 62.4 Å². The molecule has 4 rings (SSSR count). The lowest BCUT2D eigenvalue weighted by atomic mass is 10.2. The fourth-order valence-electron chi connectivity index (χ4n) is 2.99. The van der Waals surface area contributed by atoms with Crippen molar-refractivity contribution in [3.05, 3.63) is 83.1 Å². The Balaban J connectivity index is 1.53. The van der Waals surface area contributed by atoms with Crippen LogP contribution in [0.3, 0.4) is 0 Å². The summed E-state index contributed by atoms with van der Waals surface area (Å²) in [5.74, 6) is -0.141. The van der Waals surface area contributed by atoms with E-state index in [1.165, 1.54) is 23.1 Å². The highest BCUT2D eigenvalue weighted by Gasteiger charge is 2.12. The van der Waals surface area contributed by atoms with Gasteiger partial charge in [-0.2, -0.15) is 0 Å². The van der Waals surface area contributed by atoms with Gasteiger partial charge in [-0.15, -0.1) is 10.2 Å². The molecule has 0 atom stereocenters. The second-order valence-electron chi connectivity index (χ2n) is 6.26. The molecule has 1 amide bonds. The summed E-state index contributed by atoms with van der Waals surface area (Å²) in [6.45, 7) is 4.14. The molecule has 1 N–H and O–H groups in total. The van der Waals surface area contributed by atoms with Crippen LogP contribution in [-0.2, 0) is 0 Å². The van der Waals surface area contributed by atoms with Crippen molar-refractivity contribution in [2.45, 2.75) is 23.1 Å². The highest BCUT2D eigenvalue weighted by molar-refractivity contribution is 8.01. The largest absolute Gasteiger partial charge is 0.321 e. The molecule has 0 fully saturated rings. The lowest BCUT2D eigenvalue weighted by molar-refractivity contribution is 0.102. The molecule has 28 heavy (non-hydrogen) atoms. The van der Waals surface area contributed by atoms with Gasteiger partial charge in [-0.3, -0.25) is 4.79 Å². The molecule has 0 saturated carbocycles. The molecular formula is C21H18N4OS2. The summed E-state index contributed by atoms with van der Waals surface area (Å²) in [5, 5.41) is 10.9. The van der Waals surface area contributed by atoms with Crippen LogP contribution in [0.4, 0.5) is 5.69 Å². The number of aromatic nitrogens is 3. The molecule has 0 saturated heterocycles. The average Bonchev–Trinajstić information content (AvgIpc) is 3.33. The highest BCUT2D eigenvalue weighted by Crippen LogP contribution is 2.34. The Kier molecular flexibility index (Phi) is 5.27. The number of rotatable bonds is 5. The molecule has 0 aliphatic rings. The number of aryl methyl sites for hydroxylation is 2. The lowest BCUT2D eigenvalue weighted by Crippen LogP contribution is -2.12. The van der Waals surface area contributed by atoms with E-state index in [0.717, 1.165) is 32.0 Å². The van der Waals surface area contributed by atoms with Crippen molar-refractivity contribution in [2.24, 2.45) is 0 Å². The zero-order chi connectivity index (χ0) is 19.5. The van der Waals surface area contributed by atoms with Crippen LogP contribution >= 0.6 is 23.1 Å². The number of hydrogen-bond donors (Lipinski definition) is 1. The predicted molar refractivity (Wildman–Crippen MR) is 114 cm³/mol. The van der Waals surface area contributed by atoms with Gasteiger partial charge < -0.3 is 9.88 Å². The molecule has 5 nitrogen and oxygen atoms in total. The van der Waals surface area contributed by atoms with E-state index in [9.17, 15) is 4.79 Å². The minimum Gasteiger partial charge on any atom is -0.321 e. The van der Waals surface area contributed by atoms with Crippen LogP contribution in [0.2, 0.25) is 0 Å². The SMILES string of the molecule is Cc1ccc(C)n1-c1ccc(C(=O)Nc2ccccc2Sc2nncs2)cc1. The molecule has 4 aromatic rings. The maximum atomic E-state index is 12.7. The maximum absolute atomic E-state index is 12.7. The van der Waals surface area contributed by atoms with Crippen LogP contribution in [0.15, 0.2) is 75.4 Å². The molecule has 0 radical (unpaired) electrons. The quantitative estimate of drug-likeness (QED) is 0.485. The van der Waals surface area contributed by atoms with Crippen LogP contribution in [0.5, 0.6) is 0 Å². The second-order valence-corrected chi connectivity index (χ2v) is 8.38. The number of carbonyl (C=O) groups is 1. The number of nitrogens with zero attached hydrogens (tertiary/aromatic N) is 3. The topological polar surface area (TPSA) is 59.8 Å². The summed E-state index contributed by atoms with van der Waals surface area (Å²) in [6.07, 6.45) is 0. The molecule has 0 aliphatic carbocycles. The monoisotopic (exact) mass is 406 g/mol. The standard InChI is InChI=1S/C21H18N4OS2/c1-14-7-8-15(2)25(14)17-11-9-16(10-12-17)20(26)23-18-5-3-4-6-19(18)28-21-24-22-13-27-21/h3-13H,1-2H3,(H,23,26). The van der Waals surface area contributed by atoms with E-state index < -0.39 is 0 Å². The number of carbonyl (C=O) groups excluding carboxylic acids is 1. The molecule has 0 unspecified atom stereocenters. The van der Waals surface area contributed by atoms with E-state index in [-0.39, 0.29) is 5.91 Å². The summed E-state index contributed by atoms with van der Waals surface area (Å²) < 4.78 is 3.00. The van der Waals surface area contributed by atoms with E-state index in [2.05, 4.69) is 46.1 Å². The van der Waals surface area contributed by atoms with Gasteiger partial charge in [0, 0.05) is 27.5 Å². The smallest absolute Gasteiger partial charge is 0.255 e. The Morgan fingerprint density at radius 2 is 1.71 bits per heavy atom. The molecule has 0 bridgehead atoms. The van der Waals surface area contributed by atoms with Crippen molar-refractivity contribution in [1.82, 2.24) is 14.8 Å². The third-order valence-corrected chi connectivity index (χ3v) is 6.19. The normalized spacial score (nSPS) is 10.8. The summed E-state index contributed by atoms with van der Waals surface area (Å²) in [7, 11) is 0. The molecule has 140 valence electrons. The Bertz CT molecular complexity index is 1080. The van der Waals surface area contributed by atoms with Gasteiger partial charge >= 0.3 is 0 Å². The maximum Gasteiger partial charge on any atom is 0.255 e. The molecule has 2 aromatic heterocycles. The molecular weight excluding hydrogens is 388 g/mol. The molecule has 2 aromatic carbocycles. The van der Waals surface area contributed by atoms with Crippen molar-refractivity contribution in [3.63, 3.8) is 0 Å². The number of hydrogen-bond acceptors (Lipinski definition) is 5. The zero-order valence-electron chi connectivity index (χ0n) is 15.4. The molecule has 7 heteroatoms. The fourth-order valence-corrected chi connectivity index (χ4v) is 4.51. The van der Waals surface area contributed by atoms with Crippen molar-refractivity contribution in [3.8, 4) is 5.69 Å². The van der Waals surface area contributed by atoms with Crippen molar-refractivity contribution in [2.75, 3.05) is 5.32 Å². The van der Waals surface area contributed by atoms with Gasteiger partial charge in [0.05, 0.1) is 5.69 Å². The van der Waals surface area contributed by atoms with Gasteiger partial charge in [0.15, 0.2) is 4.34 Å². The van der Waals surface area contributed by atoms with Gasteiger partial charge in [-0.1, -0.05) is 35.2 Å². The Labute approximate surface area is 171 Å². The number of para-hydroxylation sites is 1. The number of anilines is 1. The Hall–Kier alpha value is -2.90.